The Morgan fingerprint density at radius 2 is 2.24 bits per heavy atom. The number of hydrogen-bond acceptors (Lipinski definition) is 3. The summed E-state index contributed by atoms with van der Waals surface area (Å²) in [5.74, 6) is -0.772. The molecule has 0 heterocycles. The van der Waals surface area contributed by atoms with Crippen LogP contribution in [0.4, 0.5) is 4.39 Å². The van der Waals surface area contributed by atoms with Crippen molar-refractivity contribution in [3.05, 3.63) is 35.1 Å². The molecular formula is C12H17FN2O2. The van der Waals surface area contributed by atoms with Crippen LogP contribution in [0, 0.1) is 12.7 Å². The van der Waals surface area contributed by atoms with Gasteiger partial charge in [-0.05, 0) is 30.7 Å². The quantitative estimate of drug-likeness (QED) is 0.801. The van der Waals surface area contributed by atoms with E-state index in [4.69, 9.17) is 10.5 Å². The third-order valence-electron chi connectivity index (χ3n) is 2.29. The molecule has 1 atom stereocenters. The number of methoxy groups -OCH3 is 1. The molecule has 0 aliphatic rings. The van der Waals surface area contributed by atoms with Crippen LogP contribution in [0.15, 0.2) is 18.2 Å². The van der Waals surface area contributed by atoms with E-state index in [9.17, 15) is 9.18 Å². The number of nitrogens with one attached hydrogen (secondary N) is 1. The van der Waals surface area contributed by atoms with Gasteiger partial charge in [0.05, 0.1) is 12.6 Å². The maximum Gasteiger partial charge on any atom is 0.251 e. The van der Waals surface area contributed by atoms with E-state index in [0.29, 0.717) is 12.2 Å². The Balaban J connectivity index is 2.75. The van der Waals surface area contributed by atoms with E-state index in [2.05, 4.69) is 5.32 Å². The van der Waals surface area contributed by atoms with E-state index in [1.165, 1.54) is 19.2 Å². The molecule has 0 aliphatic carbocycles. The molecule has 0 bridgehead atoms. The van der Waals surface area contributed by atoms with Crippen molar-refractivity contribution in [3.8, 4) is 0 Å². The fourth-order valence-corrected chi connectivity index (χ4v) is 1.51. The molecule has 17 heavy (non-hydrogen) atoms. The van der Waals surface area contributed by atoms with Crippen molar-refractivity contribution >= 4 is 5.91 Å². The van der Waals surface area contributed by atoms with Gasteiger partial charge in [-0.15, -0.1) is 0 Å². The topological polar surface area (TPSA) is 64.3 Å². The van der Waals surface area contributed by atoms with Crippen LogP contribution in [0.5, 0.6) is 0 Å². The Bertz CT molecular complexity index is 376. The first-order valence-corrected chi connectivity index (χ1v) is 5.34. The van der Waals surface area contributed by atoms with Crippen molar-refractivity contribution in [1.82, 2.24) is 5.32 Å². The highest BCUT2D eigenvalue weighted by molar-refractivity contribution is 5.94. The molecule has 94 valence electrons. The Morgan fingerprint density at radius 1 is 1.53 bits per heavy atom. The maximum absolute atomic E-state index is 13.1. The van der Waals surface area contributed by atoms with Gasteiger partial charge in [-0.2, -0.15) is 0 Å². The molecule has 0 spiro atoms. The molecule has 0 fully saturated rings. The summed E-state index contributed by atoms with van der Waals surface area (Å²) in [7, 11) is 1.53. The zero-order valence-corrected chi connectivity index (χ0v) is 10.00. The molecule has 5 heteroatoms. The monoisotopic (exact) mass is 240 g/mol. The van der Waals surface area contributed by atoms with Gasteiger partial charge in [-0.25, -0.2) is 4.39 Å². The van der Waals surface area contributed by atoms with Crippen LogP contribution in [0.1, 0.15) is 15.9 Å². The average Bonchev–Trinajstić information content (AvgIpc) is 2.27. The zero-order chi connectivity index (χ0) is 12.8. The maximum atomic E-state index is 13.1. The Kier molecular flexibility index (Phi) is 5.06. The van der Waals surface area contributed by atoms with Crippen molar-refractivity contribution < 1.29 is 13.9 Å². The predicted octanol–water partition coefficient (Wildman–Crippen LogP) is 0.838. The Morgan fingerprint density at radius 3 is 2.76 bits per heavy atom. The highest BCUT2D eigenvalue weighted by Gasteiger charge is 2.13. The van der Waals surface area contributed by atoms with Crippen LogP contribution in [0.25, 0.3) is 0 Å². The lowest BCUT2D eigenvalue weighted by Gasteiger charge is -2.15. The number of nitrogens with two attached hydrogens (primary N) is 1. The molecule has 1 aromatic carbocycles. The summed E-state index contributed by atoms with van der Waals surface area (Å²) in [6, 6.07) is 3.92. The second-order valence-electron chi connectivity index (χ2n) is 3.88. The van der Waals surface area contributed by atoms with Crippen molar-refractivity contribution in [1.29, 1.82) is 0 Å². The molecule has 1 aromatic rings. The molecule has 0 saturated carbocycles. The minimum Gasteiger partial charge on any atom is -0.383 e. The van der Waals surface area contributed by atoms with Crippen LogP contribution in [-0.4, -0.2) is 32.2 Å². The molecule has 4 nitrogen and oxygen atoms in total. The SMILES string of the molecule is COCC(CN)NC(=O)c1cc(C)cc(F)c1. The lowest BCUT2D eigenvalue weighted by atomic mass is 10.1. The van der Waals surface area contributed by atoms with E-state index in [1.807, 2.05) is 0 Å². The van der Waals surface area contributed by atoms with Crippen molar-refractivity contribution in [2.75, 3.05) is 20.3 Å². The molecule has 0 aromatic heterocycles. The minimum atomic E-state index is -0.425. The summed E-state index contributed by atoms with van der Waals surface area (Å²) >= 11 is 0. The van der Waals surface area contributed by atoms with E-state index in [1.54, 1.807) is 13.0 Å². The summed E-state index contributed by atoms with van der Waals surface area (Å²) in [6.07, 6.45) is 0. The molecule has 3 N–H and O–H groups in total. The summed E-state index contributed by atoms with van der Waals surface area (Å²) in [5.41, 5.74) is 6.47. The third kappa shape index (κ3) is 4.13. The molecule has 1 unspecified atom stereocenters. The van der Waals surface area contributed by atoms with Gasteiger partial charge in [0.2, 0.25) is 0 Å². The molecule has 0 aliphatic heterocycles. The highest BCUT2D eigenvalue weighted by atomic mass is 19.1. The molecule has 0 saturated heterocycles. The average molecular weight is 240 g/mol. The molecule has 1 amide bonds. The first-order valence-electron chi connectivity index (χ1n) is 5.34. The van der Waals surface area contributed by atoms with Gasteiger partial charge in [0.25, 0.3) is 5.91 Å². The second-order valence-corrected chi connectivity index (χ2v) is 3.88. The number of aryl methyl sites for hydroxylation is 1. The predicted molar refractivity (Wildman–Crippen MR) is 63.3 cm³/mol. The van der Waals surface area contributed by atoms with Gasteiger partial charge in [-0.1, -0.05) is 0 Å². The van der Waals surface area contributed by atoms with Crippen molar-refractivity contribution in [3.63, 3.8) is 0 Å². The number of rotatable bonds is 5. The molecule has 0 radical (unpaired) electrons. The number of carbonyl (C=O) groups is 1. The number of hydrogen-bond donors (Lipinski definition) is 2. The van der Waals surface area contributed by atoms with Crippen LogP contribution >= 0.6 is 0 Å². The fraction of sp³-hybridized carbons (Fsp3) is 0.417. The van der Waals surface area contributed by atoms with Crippen molar-refractivity contribution in [2.45, 2.75) is 13.0 Å². The first-order chi connectivity index (χ1) is 8.06. The largest absolute Gasteiger partial charge is 0.383 e. The third-order valence-corrected chi connectivity index (χ3v) is 2.29. The molecule has 1 rings (SSSR count). The Labute approximate surface area is 100.0 Å². The van der Waals surface area contributed by atoms with E-state index < -0.39 is 5.82 Å². The van der Waals surface area contributed by atoms with Crippen LogP contribution in [0.3, 0.4) is 0 Å². The summed E-state index contributed by atoms with van der Waals surface area (Å²) in [4.78, 5) is 11.8. The summed E-state index contributed by atoms with van der Waals surface area (Å²) in [5, 5.41) is 2.68. The number of ether oxygens (including phenoxy) is 1. The van der Waals surface area contributed by atoms with Crippen LogP contribution < -0.4 is 11.1 Å². The zero-order valence-electron chi connectivity index (χ0n) is 10.00. The highest BCUT2D eigenvalue weighted by Crippen LogP contribution is 2.08. The normalized spacial score (nSPS) is 12.2. The van der Waals surface area contributed by atoms with Crippen LogP contribution in [0.2, 0.25) is 0 Å². The summed E-state index contributed by atoms with van der Waals surface area (Å²) < 4.78 is 18.0. The number of amides is 1. The second kappa shape index (κ2) is 6.32. The standard InChI is InChI=1S/C12H17FN2O2/c1-8-3-9(5-10(13)4-8)12(16)15-11(6-14)7-17-2/h3-5,11H,6-7,14H2,1-2H3,(H,15,16). The van der Waals surface area contributed by atoms with E-state index >= 15 is 0 Å². The van der Waals surface area contributed by atoms with E-state index in [0.717, 1.165) is 0 Å². The Hall–Kier alpha value is -1.46. The van der Waals surface area contributed by atoms with Gasteiger partial charge < -0.3 is 15.8 Å². The van der Waals surface area contributed by atoms with Gasteiger partial charge in [0, 0.05) is 19.2 Å². The van der Waals surface area contributed by atoms with Crippen LogP contribution in [-0.2, 0) is 4.74 Å². The first kappa shape index (κ1) is 13.6. The number of halogens is 1. The van der Waals surface area contributed by atoms with E-state index in [-0.39, 0.29) is 24.1 Å². The van der Waals surface area contributed by atoms with Gasteiger partial charge in [-0.3, -0.25) is 4.79 Å². The summed E-state index contributed by atoms with van der Waals surface area (Å²) in [6.45, 7) is 2.33. The van der Waals surface area contributed by atoms with Gasteiger partial charge in [0.1, 0.15) is 5.82 Å². The number of benzene rings is 1. The lowest BCUT2D eigenvalue weighted by Crippen LogP contribution is -2.43. The van der Waals surface area contributed by atoms with Gasteiger partial charge >= 0.3 is 0 Å². The van der Waals surface area contributed by atoms with Crippen molar-refractivity contribution in [2.24, 2.45) is 5.73 Å². The smallest absolute Gasteiger partial charge is 0.251 e. The van der Waals surface area contributed by atoms with Gasteiger partial charge in [0.15, 0.2) is 0 Å². The minimum absolute atomic E-state index is 0.268. The molecular weight excluding hydrogens is 223 g/mol. The number of carbonyl (C=O) groups excluding carboxylic acids is 1. The fourth-order valence-electron chi connectivity index (χ4n) is 1.51. The lowest BCUT2D eigenvalue weighted by molar-refractivity contribution is 0.0900.